The Kier molecular flexibility index (Phi) is 4.93. The molecule has 4 heteroatoms. The van der Waals surface area contributed by atoms with Crippen LogP contribution >= 0.6 is 0 Å². The van der Waals surface area contributed by atoms with Gasteiger partial charge in [0.1, 0.15) is 6.23 Å². The van der Waals surface area contributed by atoms with Crippen LogP contribution in [-0.4, -0.2) is 41.4 Å². The van der Waals surface area contributed by atoms with Crippen LogP contribution in [-0.2, 0) is 16.0 Å². The van der Waals surface area contributed by atoms with Gasteiger partial charge >= 0.3 is 0 Å². The lowest BCUT2D eigenvalue weighted by Crippen LogP contribution is -2.46. The molecule has 1 aliphatic heterocycles. The Labute approximate surface area is 114 Å². The van der Waals surface area contributed by atoms with E-state index in [1.54, 1.807) is 4.90 Å². The van der Waals surface area contributed by atoms with Gasteiger partial charge in [0.15, 0.2) is 0 Å². The van der Waals surface area contributed by atoms with Crippen molar-refractivity contribution in [3.05, 3.63) is 35.9 Å². The van der Waals surface area contributed by atoms with Crippen LogP contribution in [0.4, 0.5) is 0 Å². The number of nitrogens with zero attached hydrogens (tertiary/aromatic N) is 1. The van der Waals surface area contributed by atoms with E-state index in [-0.39, 0.29) is 24.8 Å². The minimum atomic E-state index is -0.200. The number of aliphatic hydroxyl groups is 1. The number of hydrogen-bond acceptors (Lipinski definition) is 3. The van der Waals surface area contributed by atoms with Gasteiger partial charge in [-0.25, -0.2) is 0 Å². The average Bonchev–Trinajstić information content (AvgIpc) is 2.79. The molecule has 0 saturated carbocycles. The predicted molar refractivity (Wildman–Crippen MR) is 72.5 cm³/mol. The second kappa shape index (κ2) is 6.68. The summed E-state index contributed by atoms with van der Waals surface area (Å²) < 4.78 is 5.60. The van der Waals surface area contributed by atoms with Crippen molar-refractivity contribution in [2.24, 2.45) is 0 Å². The molecule has 1 aromatic carbocycles. The third-order valence-corrected chi connectivity index (χ3v) is 3.48. The van der Waals surface area contributed by atoms with Gasteiger partial charge in [-0.1, -0.05) is 30.3 Å². The molecule has 0 radical (unpaired) electrons. The first kappa shape index (κ1) is 14.0. The zero-order valence-corrected chi connectivity index (χ0v) is 11.3. The number of ether oxygens (including phenoxy) is 1. The van der Waals surface area contributed by atoms with E-state index >= 15 is 0 Å². The van der Waals surface area contributed by atoms with Crippen LogP contribution in [0, 0.1) is 0 Å². The Morgan fingerprint density at radius 3 is 2.79 bits per heavy atom. The zero-order valence-electron chi connectivity index (χ0n) is 11.3. The Bertz CT molecular complexity index is 407. The van der Waals surface area contributed by atoms with Crippen molar-refractivity contribution >= 4 is 5.91 Å². The first-order valence-electron chi connectivity index (χ1n) is 6.83. The standard InChI is InChI=1S/C15H21NO3/c1-2-19-15-9-8-14(18)16(15)13(11-17)10-12-6-4-3-5-7-12/h3-7,13,15,17H,2,8-11H2,1H3/t13-,15?/m0/s1. The maximum Gasteiger partial charge on any atom is 0.225 e. The zero-order chi connectivity index (χ0) is 13.7. The molecule has 1 unspecified atom stereocenters. The van der Waals surface area contributed by atoms with Gasteiger partial charge in [0.25, 0.3) is 0 Å². The maximum atomic E-state index is 12.0. The quantitative estimate of drug-likeness (QED) is 0.847. The third kappa shape index (κ3) is 3.33. The summed E-state index contributed by atoms with van der Waals surface area (Å²) in [5.74, 6) is 0.0773. The Morgan fingerprint density at radius 1 is 1.42 bits per heavy atom. The molecule has 0 aromatic heterocycles. The lowest BCUT2D eigenvalue weighted by atomic mass is 10.1. The molecule has 0 aliphatic carbocycles. The highest BCUT2D eigenvalue weighted by Crippen LogP contribution is 2.24. The fraction of sp³-hybridized carbons (Fsp3) is 0.533. The van der Waals surface area contributed by atoms with E-state index in [0.717, 1.165) is 12.0 Å². The van der Waals surface area contributed by atoms with Crippen molar-refractivity contribution in [1.29, 1.82) is 0 Å². The smallest absolute Gasteiger partial charge is 0.225 e. The molecule has 0 spiro atoms. The van der Waals surface area contributed by atoms with Gasteiger partial charge in [-0.3, -0.25) is 4.79 Å². The number of hydrogen-bond donors (Lipinski definition) is 1. The largest absolute Gasteiger partial charge is 0.394 e. The highest BCUT2D eigenvalue weighted by Gasteiger charge is 2.36. The summed E-state index contributed by atoms with van der Waals surface area (Å²) in [6.07, 6.45) is 1.71. The minimum Gasteiger partial charge on any atom is -0.394 e. The van der Waals surface area contributed by atoms with E-state index in [1.807, 2.05) is 37.3 Å². The van der Waals surface area contributed by atoms with Crippen molar-refractivity contribution in [3.63, 3.8) is 0 Å². The Balaban J connectivity index is 2.09. The van der Waals surface area contributed by atoms with Crippen molar-refractivity contribution < 1.29 is 14.6 Å². The van der Waals surface area contributed by atoms with E-state index in [9.17, 15) is 9.90 Å². The predicted octanol–water partition coefficient (Wildman–Crippen LogP) is 1.57. The summed E-state index contributed by atoms with van der Waals surface area (Å²) in [7, 11) is 0. The highest BCUT2D eigenvalue weighted by atomic mass is 16.5. The summed E-state index contributed by atoms with van der Waals surface area (Å²) in [4.78, 5) is 13.7. The van der Waals surface area contributed by atoms with Crippen LogP contribution in [0.5, 0.6) is 0 Å². The normalized spacial score (nSPS) is 20.8. The molecule has 1 heterocycles. The van der Waals surface area contributed by atoms with Gasteiger partial charge in [0.2, 0.25) is 5.91 Å². The molecule has 1 saturated heterocycles. The number of carbonyl (C=O) groups excluding carboxylic acids is 1. The van der Waals surface area contributed by atoms with Crippen LogP contribution in [0.25, 0.3) is 0 Å². The van der Waals surface area contributed by atoms with Crippen molar-refractivity contribution in [1.82, 2.24) is 4.90 Å². The lowest BCUT2D eigenvalue weighted by Gasteiger charge is -2.32. The summed E-state index contributed by atoms with van der Waals surface area (Å²) in [5, 5.41) is 9.60. The monoisotopic (exact) mass is 263 g/mol. The number of benzene rings is 1. The van der Waals surface area contributed by atoms with Gasteiger partial charge in [-0.05, 0) is 18.9 Å². The second-order valence-corrected chi connectivity index (χ2v) is 4.78. The Morgan fingerprint density at radius 2 is 2.16 bits per heavy atom. The lowest BCUT2D eigenvalue weighted by molar-refractivity contribution is -0.141. The van der Waals surface area contributed by atoms with Crippen LogP contribution in [0.1, 0.15) is 25.3 Å². The van der Waals surface area contributed by atoms with Gasteiger partial charge in [0.05, 0.1) is 12.6 Å². The van der Waals surface area contributed by atoms with Crippen LogP contribution in [0.2, 0.25) is 0 Å². The molecule has 1 aromatic rings. The van der Waals surface area contributed by atoms with E-state index < -0.39 is 0 Å². The van der Waals surface area contributed by atoms with Crippen LogP contribution in [0.15, 0.2) is 30.3 Å². The van der Waals surface area contributed by atoms with Crippen molar-refractivity contribution in [2.45, 2.75) is 38.5 Å². The first-order valence-corrected chi connectivity index (χ1v) is 6.83. The number of aliphatic hydroxyl groups excluding tert-OH is 1. The molecular weight excluding hydrogens is 242 g/mol. The second-order valence-electron chi connectivity index (χ2n) is 4.78. The molecule has 2 rings (SSSR count). The minimum absolute atomic E-state index is 0.0375. The van der Waals surface area contributed by atoms with Gasteiger partial charge in [-0.2, -0.15) is 0 Å². The fourth-order valence-electron chi connectivity index (χ4n) is 2.61. The SMILES string of the molecule is CCOC1CCC(=O)N1[C@H](CO)Cc1ccccc1. The molecule has 1 fully saturated rings. The Hall–Kier alpha value is -1.39. The van der Waals surface area contributed by atoms with E-state index in [1.165, 1.54) is 0 Å². The topological polar surface area (TPSA) is 49.8 Å². The molecule has 1 amide bonds. The molecular formula is C15H21NO3. The van der Waals surface area contributed by atoms with E-state index in [2.05, 4.69) is 0 Å². The number of carbonyl (C=O) groups is 1. The van der Waals surface area contributed by atoms with Crippen molar-refractivity contribution in [2.75, 3.05) is 13.2 Å². The van der Waals surface area contributed by atoms with Crippen molar-refractivity contribution in [3.8, 4) is 0 Å². The summed E-state index contributed by atoms with van der Waals surface area (Å²) in [6, 6.07) is 9.72. The number of likely N-dealkylation sites (tertiary alicyclic amines) is 1. The molecule has 19 heavy (non-hydrogen) atoms. The average molecular weight is 263 g/mol. The van der Waals surface area contributed by atoms with E-state index in [0.29, 0.717) is 19.4 Å². The third-order valence-electron chi connectivity index (χ3n) is 3.48. The number of amides is 1. The summed E-state index contributed by atoms with van der Waals surface area (Å²) >= 11 is 0. The van der Waals surface area contributed by atoms with Gasteiger partial charge in [-0.15, -0.1) is 0 Å². The molecule has 1 aliphatic rings. The maximum absolute atomic E-state index is 12.0. The molecule has 104 valence electrons. The van der Waals surface area contributed by atoms with Gasteiger partial charge in [0, 0.05) is 19.4 Å². The number of rotatable bonds is 6. The first-order chi connectivity index (χ1) is 9.26. The molecule has 0 bridgehead atoms. The molecule has 4 nitrogen and oxygen atoms in total. The fourth-order valence-corrected chi connectivity index (χ4v) is 2.61. The van der Waals surface area contributed by atoms with Crippen LogP contribution < -0.4 is 0 Å². The summed E-state index contributed by atoms with van der Waals surface area (Å²) in [5.41, 5.74) is 1.12. The molecule has 1 N–H and O–H groups in total. The summed E-state index contributed by atoms with van der Waals surface area (Å²) in [6.45, 7) is 2.47. The molecule has 2 atom stereocenters. The van der Waals surface area contributed by atoms with Crippen LogP contribution in [0.3, 0.4) is 0 Å². The highest BCUT2D eigenvalue weighted by molar-refractivity contribution is 5.78. The van der Waals surface area contributed by atoms with Gasteiger partial charge < -0.3 is 14.7 Å². The van der Waals surface area contributed by atoms with E-state index in [4.69, 9.17) is 4.74 Å².